The molecule has 7 nitrogen and oxygen atoms in total. The van der Waals surface area contributed by atoms with Crippen LogP contribution in [0.4, 0.5) is 0 Å². The number of sulfonamides is 1. The SMILES string of the molecule is COCC1(CNS(=O)(=O)c2cnn(Cc3ccccc3)c2)CCCN1.Cl. The standard InChI is InChI=1S/C17H24N4O3S.ClH/c1-24-14-17(8-5-9-18-17)13-20-25(22,23)16-10-19-21(12-16)11-15-6-3-2-4-7-15;/h2-4,6-7,10,12,18,20H,5,8-9,11,13-14H2,1H3;1H. The summed E-state index contributed by atoms with van der Waals surface area (Å²) in [6.07, 6.45) is 4.84. The summed E-state index contributed by atoms with van der Waals surface area (Å²) in [4.78, 5) is 0.175. The highest BCUT2D eigenvalue weighted by molar-refractivity contribution is 7.89. The van der Waals surface area contributed by atoms with E-state index in [-0.39, 0.29) is 22.8 Å². The Morgan fingerprint density at radius 1 is 1.35 bits per heavy atom. The van der Waals surface area contributed by atoms with Gasteiger partial charge in [0.05, 0.1) is 24.9 Å². The van der Waals surface area contributed by atoms with Gasteiger partial charge in [0.2, 0.25) is 10.0 Å². The van der Waals surface area contributed by atoms with Crippen LogP contribution < -0.4 is 10.0 Å². The third-order valence-corrected chi connectivity index (χ3v) is 5.82. The molecule has 2 N–H and O–H groups in total. The van der Waals surface area contributed by atoms with Gasteiger partial charge in [-0.2, -0.15) is 5.10 Å². The summed E-state index contributed by atoms with van der Waals surface area (Å²) < 4.78 is 34.7. The van der Waals surface area contributed by atoms with Gasteiger partial charge in [0.1, 0.15) is 4.90 Å². The highest BCUT2D eigenvalue weighted by Gasteiger charge is 2.35. The second kappa shape index (κ2) is 8.96. The van der Waals surface area contributed by atoms with Crippen LogP contribution in [-0.4, -0.2) is 50.5 Å². The van der Waals surface area contributed by atoms with Crippen LogP contribution >= 0.6 is 12.4 Å². The molecule has 144 valence electrons. The average Bonchev–Trinajstić information content (AvgIpc) is 3.25. The number of nitrogens with one attached hydrogen (secondary N) is 2. The third-order valence-electron chi connectivity index (χ3n) is 4.46. The summed E-state index contributed by atoms with van der Waals surface area (Å²) in [6, 6.07) is 9.80. The smallest absolute Gasteiger partial charge is 0.243 e. The zero-order valence-electron chi connectivity index (χ0n) is 14.7. The molecular formula is C17H25ClN4O3S. The topological polar surface area (TPSA) is 85.2 Å². The molecule has 1 aromatic heterocycles. The van der Waals surface area contributed by atoms with E-state index in [1.165, 1.54) is 6.20 Å². The van der Waals surface area contributed by atoms with Crippen LogP contribution in [0, 0.1) is 0 Å². The Kier molecular flexibility index (Phi) is 7.19. The number of methoxy groups -OCH3 is 1. The maximum absolute atomic E-state index is 12.6. The molecule has 1 atom stereocenters. The predicted molar refractivity (Wildman–Crippen MR) is 102 cm³/mol. The second-order valence-corrected chi connectivity index (χ2v) is 8.19. The van der Waals surface area contributed by atoms with Crippen molar-refractivity contribution in [3.63, 3.8) is 0 Å². The van der Waals surface area contributed by atoms with Crippen LogP contribution in [0.5, 0.6) is 0 Å². The number of rotatable bonds is 8. The van der Waals surface area contributed by atoms with Crippen molar-refractivity contribution in [3.05, 3.63) is 48.3 Å². The molecule has 0 amide bonds. The molecule has 0 spiro atoms. The Morgan fingerprint density at radius 3 is 2.77 bits per heavy atom. The highest BCUT2D eigenvalue weighted by atomic mass is 35.5. The van der Waals surface area contributed by atoms with Gasteiger partial charge in [-0.15, -0.1) is 12.4 Å². The number of ether oxygens (including phenoxy) is 1. The largest absolute Gasteiger partial charge is 0.383 e. The number of halogens is 1. The van der Waals surface area contributed by atoms with Crippen LogP contribution in [0.3, 0.4) is 0 Å². The van der Waals surface area contributed by atoms with Crippen LogP contribution in [-0.2, 0) is 21.3 Å². The third kappa shape index (κ3) is 5.05. The molecule has 26 heavy (non-hydrogen) atoms. The van der Waals surface area contributed by atoms with E-state index in [9.17, 15) is 8.42 Å². The highest BCUT2D eigenvalue weighted by Crippen LogP contribution is 2.20. The molecule has 1 aliphatic heterocycles. The Bertz CT molecular complexity index is 789. The van der Waals surface area contributed by atoms with E-state index in [1.54, 1.807) is 18.0 Å². The van der Waals surface area contributed by atoms with Crippen LogP contribution in [0.25, 0.3) is 0 Å². The number of hydrogen-bond acceptors (Lipinski definition) is 5. The molecular weight excluding hydrogens is 376 g/mol. The molecule has 9 heteroatoms. The Morgan fingerprint density at radius 2 is 2.12 bits per heavy atom. The lowest BCUT2D eigenvalue weighted by Crippen LogP contribution is -2.52. The molecule has 3 rings (SSSR count). The van der Waals surface area contributed by atoms with E-state index in [2.05, 4.69) is 15.1 Å². The average molecular weight is 401 g/mol. The summed E-state index contributed by atoms with van der Waals surface area (Å²) in [5.74, 6) is 0. The minimum absolute atomic E-state index is 0. The molecule has 1 unspecified atom stereocenters. The molecule has 2 aromatic rings. The number of aromatic nitrogens is 2. The first kappa shape index (κ1) is 20.9. The van der Waals surface area contributed by atoms with Crippen molar-refractivity contribution in [2.24, 2.45) is 0 Å². The van der Waals surface area contributed by atoms with Gasteiger partial charge in [-0.1, -0.05) is 30.3 Å². The summed E-state index contributed by atoms with van der Waals surface area (Å²) in [5, 5.41) is 7.53. The zero-order valence-corrected chi connectivity index (χ0v) is 16.4. The van der Waals surface area contributed by atoms with E-state index in [0.29, 0.717) is 19.7 Å². The van der Waals surface area contributed by atoms with Gasteiger partial charge in [-0.3, -0.25) is 4.68 Å². The van der Waals surface area contributed by atoms with E-state index in [4.69, 9.17) is 4.74 Å². The minimum atomic E-state index is -3.60. The van der Waals surface area contributed by atoms with Gasteiger partial charge < -0.3 is 10.1 Å². The normalized spacial score (nSPS) is 20.0. The quantitative estimate of drug-likeness (QED) is 0.699. The van der Waals surface area contributed by atoms with Crippen molar-refractivity contribution in [3.8, 4) is 0 Å². The lowest BCUT2D eigenvalue weighted by molar-refractivity contribution is 0.122. The number of benzene rings is 1. The maximum Gasteiger partial charge on any atom is 0.243 e. The predicted octanol–water partition coefficient (Wildman–Crippen LogP) is 1.40. The Hall–Kier alpha value is -1.45. The number of hydrogen-bond donors (Lipinski definition) is 2. The first-order chi connectivity index (χ1) is 12.0. The molecule has 0 aliphatic carbocycles. The molecule has 1 aliphatic rings. The lowest BCUT2D eigenvalue weighted by atomic mass is 9.99. The molecule has 0 bridgehead atoms. The fraction of sp³-hybridized carbons (Fsp3) is 0.471. The van der Waals surface area contributed by atoms with Gasteiger partial charge in [0.25, 0.3) is 0 Å². The van der Waals surface area contributed by atoms with Crippen molar-refractivity contribution in [2.75, 3.05) is 26.8 Å². The monoisotopic (exact) mass is 400 g/mol. The molecule has 0 saturated carbocycles. The summed E-state index contributed by atoms with van der Waals surface area (Å²) in [7, 11) is -1.98. The van der Waals surface area contributed by atoms with Crippen LogP contribution in [0.15, 0.2) is 47.6 Å². The van der Waals surface area contributed by atoms with Crippen LogP contribution in [0.2, 0.25) is 0 Å². The molecule has 1 saturated heterocycles. The number of nitrogens with zero attached hydrogens (tertiary/aromatic N) is 2. The molecule has 1 aromatic carbocycles. The van der Waals surface area contributed by atoms with Gasteiger partial charge in [0, 0.05) is 19.9 Å². The zero-order chi connectivity index (χ0) is 17.8. The first-order valence-electron chi connectivity index (χ1n) is 8.33. The summed E-state index contributed by atoms with van der Waals surface area (Å²) in [5.41, 5.74) is 0.735. The minimum Gasteiger partial charge on any atom is -0.383 e. The maximum atomic E-state index is 12.6. The second-order valence-electron chi connectivity index (χ2n) is 6.43. The van der Waals surface area contributed by atoms with Crippen molar-refractivity contribution >= 4 is 22.4 Å². The van der Waals surface area contributed by atoms with E-state index >= 15 is 0 Å². The lowest BCUT2D eigenvalue weighted by Gasteiger charge is -2.28. The Balaban J connectivity index is 0.00000243. The fourth-order valence-electron chi connectivity index (χ4n) is 3.13. The first-order valence-corrected chi connectivity index (χ1v) is 9.81. The van der Waals surface area contributed by atoms with Crippen molar-refractivity contribution in [1.29, 1.82) is 0 Å². The molecule has 1 fully saturated rings. The van der Waals surface area contributed by atoms with Gasteiger partial charge in [-0.25, -0.2) is 13.1 Å². The fourth-order valence-corrected chi connectivity index (χ4v) is 4.21. The van der Waals surface area contributed by atoms with Crippen molar-refractivity contribution < 1.29 is 13.2 Å². The molecule has 0 radical (unpaired) electrons. The van der Waals surface area contributed by atoms with Gasteiger partial charge in [0.15, 0.2) is 0 Å². The van der Waals surface area contributed by atoms with E-state index in [1.807, 2.05) is 30.3 Å². The van der Waals surface area contributed by atoms with Gasteiger partial charge in [-0.05, 0) is 24.9 Å². The van der Waals surface area contributed by atoms with E-state index in [0.717, 1.165) is 24.9 Å². The van der Waals surface area contributed by atoms with Crippen molar-refractivity contribution in [1.82, 2.24) is 19.8 Å². The molecule has 2 heterocycles. The Labute approximate surface area is 160 Å². The van der Waals surface area contributed by atoms with Crippen molar-refractivity contribution in [2.45, 2.75) is 29.8 Å². The van der Waals surface area contributed by atoms with Crippen LogP contribution in [0.1, 0.15) is 18.4 Å². The summed E-state index contributed by atoms with van der Waals surface area (Å²) >= 11 is 0. The van der Waals surface area contributed by atoms with Gasteiger partial charge >= 0.3 is 0 Å². The summed E-state index contributed by atoms with van der Waals surface area (Å²) in [6.45, 7) is 2.18. The van der Waals surface area contributed by atoms with E-state index < -0.39 is 10.0 Å².